The fourth-order valence-electron chi connectivity index (χ4n) is 2.57. The highest BCUT2D eigenvalue weighted by Gasteiger charge is 2.43. The van der Waals surface area contributed by atoms with E-state index in [0.29, 0.717) is 12.2 Å². The summed E-state index contributed by atoms with van der Waals surface area (Å²) in [6.45, 7) is 0.565. The van der Waals surface area contributed by atoms with Gasteiger partial charge in [0.15, 0.2) is 0 Å². The molecule has 1 fully saturated rings. The number of nitrogens with one attached hydrogen (secondary N) is 3. The van der Waals surface area contributed by atoms with Gasteiger partial charge in [-0.25, -0.2) is 9.37 Å². The number of halogens is 3. The molecular weight excluding hydrogens is 394 g/mol. The van der Waals surface area contributed by atoms with E-state index >= 15 is 0 Å². The second kappa shape index (κ2) is 8.21. The maximum atomic E-state index is 13.0. The van der Waals surface area contributed by atoms with Gasteiger partial charge in [-0.05, 0) is 37.2 Å². The lowest BCUT2D eigenvalue weighted by Gasteiger charge is -2.11. The van der Waals surface area contributed by atoms with E-state index in [4.69, 9.17) is 23.2 Å². The molecule has 142 valence electrons. The molecule has 0 bridgehead atoms. The summed E-state index contributed by atoms with van der Waals surface area (Å²) in [5.74, 6) is -1.32. The highest BCUT2D eigenvalue weighted by molar-refractivity contribution is 6.40. The topological polar surface area (TPSA) is 83.1 Å². The van der Waals surface area contributed by atoms with Crippen LogP contribution in [0, 0.1) is 5.92 Å². The molecule has 2 aromatic rings. The van der Waals surface area contributed by atoms with Crippen LogP contribution in [0.3, 0.4) is 0 Å². The Morgan fingerprint density at radius 3 is 2.48 bits per heavy atom. The van der Waals surface area contributed by atoms with Gasteiger partial charge in [-0.15, -0.1) is 0 Å². The van der Waals surface area contributed by atoms with Crippen molar-refractivity contribution in [3.63, 3.8) is 0 Å². The molecule has 2 atom stereocenters. The zero-order valence-corrected chi connectivity index (χ0v) is 15.9. The molecule has 27 heavy (non-hydrogen) atoms. The second-order valence-corrected chi connectivity index (χ2v) is 7.01. The van der Waals surface area contributed by atoms with Crippen LogP contribution in [0.5, 0.6) is 0 Å². The molecule has 0 spiro atoms. The van der Waals surface area contributed by atoms with Gasteiger partial charge in [-0.1, -0.05) is 23.2 Å². The molecule has 1 aromatic heterocycles. The molecule has 1 aliphatic carbocycles. The van der Waals surface area contributed by atoms with Crippen molar-refractivity contribution >= 4 is 46.5 Å². The van der Waals surface area contributed by atoms with Crippen molar-refractivity contribution in [2.75, 3.05) is 17.7 Å². The molecule has 1 aliphatic rings. The molecule has 0 radical (unpaired) electrons. The Hall–Kier alpha value is -2.22. The van der Waals surface area contributed by atoms with E-state index in [2.05, 4.69) is 20.9 Å². The first kappa shape index (κ1) is 19.5. The van der Waals surface area contributed by atoms with Crippen molar-refractivity contribution in [3.05, 3.63) is 51.6 Å². The van der Waals surface area contributed by atoms with Gasteiger partial charge in [0, 0.05) is 24.5 Å². The maximum Gasteiger partial charge on any atom is 0.258 e. The number of benzene rings is 1. The largest absolute Gasteiger partial charge is 0.322 e. The maximum absolute atomic E-state index is 13.0. The zero-order valence-electron chi connectivity index (χ0n) is 14.4. The third kappa shape index (κ3) is 4.74. The highest BCUT2D eigenvalue weighted by Crippen LogP contribution is 2.34. The molecule has 1 saturated carbocycles. The summed E-state index contributed by atoms with van der Waals surface area (Å²) in [4.78, 5) is 28.4. The lowest BCUT2D eigenvalue weighted by Crippen LogP contribution is -2.17. The Kier molecular flexibility index (Phi) is 5.94. The van der Waals surface area contributed by atoms with Crippen molar-refractivity contribution < 1.29 is 14.0 Å². The summed E-state index contributed by atoms with van der Waals surface area (Å²) in [6, 6.07) is 6.36. The predicted octanol–water partition coefficient (Wildman–Crippen LogP) is 3.66. The number of nitrogens with zero attached hydrogens (tertiary/aromatic N) is 1. The normalized spacial score (nSPS) is 18.1. The Balaban J connectivity index is 1.72. The van der Waals surface area contributed by atoms with Gasteiger partial charge >= 0.3 is 0 Å². The molecule has 1 aromatic carbocycles. The van der Waals surface area contributed by atoms with Gasteiger partial charge in [-0.3, -0.25) is 9.59 Å². The van der Waals surface area contributed by atoms with Gasteiger partial charge in [-0.2, -0.15) is 0 Å². The van der Waals surface area contributed by atoms with Crippen LogP contribution >= 0.6 is 23.2 Å². The Morgan fingerprint density at radius 2 is 1.89 bits per heavy atom. The summed E-state index contributed by atoms with van der Waals surface area (Å²) < 4.78 is 13.0. The minimum atomic E-state index is -1.09. The van der Waals surface area contributed by atoms with Crippen LogP contribution in [0.25, 0.3) is 0 Å². The molecule has 0 aliphatic heterocycles. The number of aromatic nitrogens is 1. The number of pyridine rings is 1. The number of rotatable bonds is 6. The van der Waals surface area contributed by atoms with Crippen LogP contribution in [-0.4, -0.2) is 30.0 Å². The third-order valence-electron chi connectivity index (χ3n) is 4.03. The molecule has 0 unspecified atom stereocenters. The van der Waals surface area contributed by atoms with E-state index in [1.807, 2.05) is 0 Å². The van der Waals surface area contributed by atoms with Gasteiger partial charge in [0.1, 0.15) is 12.0 Å². The fourth-order valence-corrected chi connectivity index (χ4v) is 3.28. The monoisotopic (exact) mass is 410 g/mol. The van der Waals surface area contributed by atoms with Crippen molar-refractivity contribution in [2.24, 2.45) is 5.92 Å². The summed E-state index contributed by atoms with van der Waals surface area (Å²) in [6.07, 6.45) is 0.552. The van der Waals surface area contributed by atoms with E-state index in [0.717, 1.165) is 5.56 Å². The second-order valence-electron chi connectivity index (χ2n) is 6.20. The number of hydrogen-bond acceptors (Lipinski definition) is 4. The van der Waals surface area contributed by atoms with Crippen LogP contribution in [0.2, 0.25) is 10.0 Å². The van der Waals surface area contributed by atoms with Crippen LogP contribution in [0.4, 0.5) is 15.9 Å². The SMILES string of the molecule is CNCc1cc(Cl)c(C(=O)Nc2ccnc(NC(=O)[C@H]3C[C@H]3F)c2)c(Cl)c1. The first-order valence-corrected chi connectivity index (χ1v) is 8.99. The van der Waals surface area contributed by atoms with E-state index in [1.165, 1.54) is 12.3 Å². The van der Waals surface area contributed by atoms with Gasteiger partial charge in [0.05, 0.1) is 21.5 Å². The molecule has 9 heteroatoms. The number of carbonyl (C=O) groups excluding carboxylic acids is 2. The number of hydrogen-bond donors (Lipinski definition) is 3. The Labute approximate surface area is 165 Å². The molecule has 3 N–H and O–H groups in total. The number of amides is 2. The summed E-state index contributed by atoms with van der Waals surface area (Å²) in [7, 11) is 1.79. The standard InChI is InChI=1S/C18H17Cl2FN4O2/c1-22-8-9-4-12(19)16(13(20)5-9)18(27)24-10-2-3-23-15(6-10)25-17(26)11-7-14(11)21/h2-6,11,14,22H,7-8H2,1H3,(H2,23,24,25,26,27)/t11-,14+/m0/s1. The van der Waals surface area contributed by atoms with Gasteiger partial charge in [0.2, 0.25) is 5.91 Å². The summed E-state index contributed by atoms with van der Waals surface area (Å²) in [5, 5.41) is 8.65. The van der Waals surface area contributed by atoms with Crippen molar-refractivity contribution in [3.8, 4) is 0 Å². The Bertz CT molecular complexity index is 870. The van der Waals surface area contributed by atoms with Crippen molar-refractivity contribution in [1.82, 2.24) is 10.3 Å². The van der Waals surface area contributed by atoms with Crippen molar-refractivity contribution in [1.29, 1.82) is 0 Å². The average molecular weight is 411 g/mol. The smallest absolute Gasteiger partial charge is 0.258 e. The lowest BCUT2D eigenvalue weighted by atomic mass is 10.1. The van der Waals surface area contributed by atoms with E-state index in [1.54, 1.807) is 25.2 Å². The predicted molar refractivity (Wildman–Crippen MR) is 103 cm³/mol. The molecule has 2 amide bonds. The van der Waals surface area contributed by atoms with Crippen LogP contribution in [-0.2, 0) is 11.3 Å². The van der Waals surface area contributed by atoms with Crippen LogP contribution in [0.15, 0.2) is 30.5 Å². The summed E-state index contributed by atoms with van der Waals surface area (Å²) >= 11 is 12.4. The zero-order chi connectivity index (χ0) is 19.6. The van der Waals surface area contributed by atoms with E-state index in [9.17, 15) is 14.0 Å². The third-order valence-corrected chi connectivity index (χ3v) is 4.62. The molecule has 0 saturated heterocycles. The van der Waals surface area contributed by atoms with Crippen LogP contribution < -0.4 is 16.0 Å². The number of anilines is 2. The van der Waals surface area contributed by atoms with Gasteiger partial charge in [0.25, 0.3) is 5.91 Å². The van der Waals surface area contributed by atoms with Crippen molar-refractivity contribution in [2.45, 2.75) is 19.1 Å². The Morgan fingerprint density at radius 1 is 1.22 bits per heavy atom. The number of alkyl halides is 1. The minimum Gasteiger partial charge on any atom is -0.322 e. The lowest BCUT2D eigenvalue weighted by molar-refractivity contribution is -0.117. The molecule has 6 nitrogen and oxygen atoms in total. The quantitative estimate of drug-likeness (QED) is 0.678. The molecule has 1 heterocycles. The summed E-state index contributed by atoms with van der Waals surface area (Å²) in [5.41, 5.74) is 1.40. The minimum absolute atomic E-state index is 0.152. The van der Waals surface area contributed by atoms with Crippen LogP contribution in [0.1, 0.15) is 22.3 Å². The first-order valence-electron chi connectivity index (χ1n) is 8.24. The van der Waals surface area contributed by atoms with E-state index < -0.39 is 23.9 Å². The highest BCUT2D eigenvalue weighted by atomic mass is 35.5. The first-order chi connectivity index (χ1) is 12.9. The number of carbonyl (C=O) groups is 2. The van der Waals surface area contributed by atoms with Gasteiger partial charge < -0.3 is 16.0 Å². The molecule has 3 rings (SSSR count). The fraction of sp³-hybridized carbons (Fsp3) is 0.278. The van der Waals surface area contributed by atoms with E-state index in [-0.39, 0.29) is 27.8 Å². The average Bonchev–Trinajstić information content (AvgIpc) is 3.32. The molecular formula is C18H17Cl2FN4O2.